The molecule has 5 nitrogen and oxygen atoms in total. The number of Topliss-reactive ketones (excluding diaryl/α,β-unsaturated/α-hetero) is 1. The molecule has 2 heterocycles. The van der Waals surface area contributed by atoms with Crippen molar-refractivity contribution in [3.05, 3.63) is 52.3 Å². The van der Waals surface area contributed by atoms with Gasteiger partial charge < -0.3 is 9.30 Å². The Morgan fingerprint density at radius 1 is 1.22 bits per heavy atom. The number of benzene rings is 1. The van der Waals surface area contributed by atoms with Gasteiger partial charge in [-0.25, -0.2) is 9.78 Å². The molecule has 0 aliphatic rings. The van der Waals surface area contributed by atoms with E-state index in [0.717, 1.165) is 14.8 Å². The molecule has 3 rings (SSSR count). The van der Waals surface area contributed by atoms with E-state index in [1.807, 2.05) is 0 Å². The first-order valence-corrected chi connectivity index (χ1v) is 8.81. The predicted octanol–water partition coefficient (Wildman–Crippen LogP) is 4.32. The first-order chi connectivity index (χ1) is 12.7. The van der Waals surface area contributed by atoms with Gasteiger partial charge in [0.15, 0.2) is 6.61 Å². The van der Waals surface area contributed by atoms with Crippen LogP contribution in [-0.4, -0.2) is 34.1 Å². The van der Waals surface area contributed by atoms with E-state index in [1.54, 1.807) is 23.7 Å². The highest BCUT2D eigenvalue weighted by molar-refractivity contribution is 7.16. The van der Waals surface area contributed by atoms with Gasteiger partial charge in [-0.15, -0.1) is 11.3 Å². The molecule has 0 saturated heterocycles. The molecular weight excluding hydrogens is 381 g/mol. The average Bonchev–Trinajstić information content (AvgIpc) is 3.17. The molecule has 2 aromatic heterocycles. The number of rotatable bonds is 5. The molecule has 142 valence electrons. The molecular formula is C18H15F3N2O3S. The van der Waals surface area contributed by atoms with Crippen LogP contribution in [0.5, 0.6) is 0 Å². The molecule has 0 aliphatic carbocycles. The maximum atomic E-state index is 12.7. The van der Waals surface area contributed by atoms with Gasteiger partial charge in [0.05, 0.1) is 21.3 Å². The molecule has 0 atom stereocenters. The van der Waals surface area contributed by atoms with Gasteiger partial charge in [0, 0.05) is 17.0 Å². The van der Waals surface area contributed by atoms with E-state index < -0.39 is 31.1 Å². The third-order valence-corrected chi connectivity index (χ3v) is 4.90. The molecule has 0 unspecified atom stereocenters. The third kappa shape index (κ3) is 4.19. The Labute approximate surface area is 156 Å². The van der Waals surface area contributed by atoms with E-state index in [4.69, 9.17) is 4.74 Å². The van der Waals surface area contributed by atoms with Crippen LogP contribution in [0.3, 0.4) is 0 Å². The number of ether oxygens (including phenoxy) is 1. The van der Waals surface area contributed by atoms with Gasteiger partial charge >= 0.3 is 12.1 Å². The van der Waals surface area contributed by atoms with Crippen molar-refractivity contribution in [2.45, 2.75) is 26.6 Å². The monoisotopic (exact) mass is 396 g/mol. The molecule has 0 spiro atoms. The number of aromatic nitrogens is 2. The van der Waals surface area contributed by atoms with Crippen LogP contribution >= 0.6 is 11.3 Å². The molecule has 0 fully saturated rings. The van der Waals surface area contributed by atoms with Crippen LogP contribution in [0.1, 0.15) is 32.1 Å². The van der Waals surface area contributed by atoms with E-state index in [0.29, 0.717) is 5.69 Å². The van der Waals surface area contributed by atoms with Crippen LogP contribution in [0.15, 0.2) is 29.8 Å². The smallest absolute Gasteiger partial charge is 0.406 e. The molecule has 0 N–H and O–H groups in total. The van der Waals surface area contributed by atoms with Crippen LogP contribution < -0.4 is 0 Å². The normalized spacial score (nSPS) is 11.7. The minimum Gasteiger partial charge on any atom is -0.454 e. The van der Waals surface area contributed by atoms with Gasteiger partial charge in [-0.05, 0) is 38.1 Å². The van der Waals surface area contributed by atoms with Crippen molar-refractivity contribution in [3.8, 4) is 0 Å². The fraction of sp³-hybridized carbons (Fsp3) is 0.278. The summed E-state index contributed by atoms with van der Waals surface area (Å²) in [4.78, 5) is 28.6. The van der Waals surface area contributed by atoms with Crippen molar-refractivity contribution < 1.29 is 27.5 Å². The van der Waals surface area contributed by atoms with E-state index in [2.05, 4.69) is 4.98 Å². The second kappa shape index (κ2) is 7.15. The van der Waals surface area contributed by atoms with Crippen molar-refractivity contribution in [2.24, 2.45) is 0 Å². The number of carbonyl (C=O) groups is 2. The van der Waals surface area contributed by atoms with Gasteiger partial charge in [0.2, 0.25) is 5.78 Å². The van der Waals surface area contributed by atoms with E-state index in [9.17, 15) is 22.8 Å². The number of thiazole rings is 1. The molecule has 0 bridgehead atoms. The molecule has 0 aliphatic heterocycles. The maximum Gasteiger partial charge on any atom is 0.406 e. The van der Waals surface area contributed by atoms with Crippen LogP contribution in [0, 0.1) is 13.8 Å². The Morgan fingerprint density at radius 3 is 2.67 bits per heavy atom. The number of hydrogen-bond acceptors (Lipinski definition) is 5. The summed E-state index contributed by atoms with van der Waals surface area (Å²) in [5.41, 5.74) is 3.31. The zero-order valence-electron chi connectivity index (χ0n) is 14.5. The number of carbonyl (C=O) groups excluding carboxylic acids is 2. The minimum absolute atomic E-state index is 0.113. The van der Waals surface area contributed by atoms with Crippen molar-refractivity contribution >= 4 is 33.3 Å². The summed E-state index contributed by atoms with van der Waals surface area (Å²) >= 11 is 1.37. The SMILES string of the molecule is Cc1cc(C(=O)COC(=O)c2ccc3ncsc3c2)c(C)n1CC(F)(F)F. The highest BCUT2D eigenvalue weighted by atomic mass is 32.1. The molecule has 0 saturated carbocycles. The molecule has 3 aromatic rings. The fourth-order valence-electron chi connectivity index (χ4n) is 2.78. The van der Waals surface area contributed by atoms with Gasteiger partial charge in [-0.1, -0.05) is 0 Å². The first-order valence-electron chi connectivity index (χ1n) is 7.93. The summed E-state index contributed by atoms with van der Waals surface area (Å²) < 4.78 is 44.9. The van der Waals surface area contributed by atoms with Crippen molar-refractivity contribution in [1.29, 1.82) is 0 Å². The summed E-state index contributed by atoms with van der Waals surface area (Å²) in [6, 6.07) is 6.22. The van der Waals surface area contributed by atoms with E-state index in [1.165, 1.54) is 31.3 Å². The minimum atomic E-state index is -4.39. The van der Waals surface area contributed by atoms with Gasteiger partial charge in [0.25, 0.3) is 0 Å². The van der Waals surface area contributed by atoms with Crippen molar-refractivity contribution in [2.75, 3.05) is 6.61 Å². The number of hydrogen-bond donors (Lipinski definition) is 0. The van der Waals surface area contributed by atoms with Crippen molar-refractivity contribution in [3.63, 3.8) is 0 Å². The summed E-state index contributed by atoms with van der Waals surface area (Å²) in [5, 5.41) is 0. The first kappa shape index (κ1) is 19.1. The summed E-state index contributed by atoms with van der Waals surface area (Å²) in [5.74, 6) is -1.23. The highest BCUT2D eigenvalue weighted by Gasteiger charge is 2.30. The lowest BCUT2D eigenvalue weighted by Gasteiger charge is -2.12. The molecule has 1 aromatic carbocycles. The number of esters is 1. The number of alkyl halides is 3. The lowest BCUT2D eigenvalue weighted by molar-refractivity contribution is -0.141. The van der Waals surface area contributed by atoms with Crippen LogP contribution in [-0.2, 0) is 11.3 Å². The average molecular weight is 396 g/mol. The lowest BCUT2D eigenvalue weighted by Crippen LogP contribution is -2.20. The Morgan fingerprint density at radius 2 is 1.96 bits per heavy atom. The second-order valence-corrected chi connectivity index (χ2v) is 6.91. The standard InChI is InChI=1S/C18H15F3N2O3S/c1-10-5-13(11(2)23(10)8-18(19,20)21)15(24)7-26-17(25)12-3-4-14-16(6-12)27-9-22-14/h3-6,9H,7-8H2,1-2H3. The summed E-state index contributed by atoms with van der Waals surface area (Å²) in [6.45, 7) is 1.21. The second-order valence-electron chi connectivity index (χ2n) is 6.02. The number of ketones is 1. The van der Waals surface area contributed by atoms with Crippen LogP contribution in [0.25, 0.3) is 10.2 Å². The lowest BCUT2D eigenvalue weighted by atomic mass is 10.1. The zero-order valence-corrected chi connectivity index (χ0v) is 15.3. The predicted molar refractivity (Wildman–Crippen MR) is 94.2 cm³/mol. The van der Waals surface area contributed by atoms with E-state index in [-0.39, 0.29) is 16.8 Å². The Balaban J connectivity index is 1.70. The number of aryl methyl sites for hydroxylation is 1. The largest absolute Gasteiger partial charge is 0.454 e. The van der Waals surface area contributed by atoms with Gasteiger partial charge in [-0.3, -0.25) is 4.79 Å². The summed E-state index contributed by atoms with van der Waals surface area (Å²) in [7, 11) is 0. The number of halogens is 3. The number of nitrogens with zero attached hydrogens (tertiary/aromatic N) is 2. The van der Waals surface area contributed by atoms with Crippen molar-refractivity contribution in [1.82, 2.24) is 9.55 Å². The Bertz CT molecular complexity index is 1020. The van der Waals surface area contributed by atoms with E-state index >= 15 is 0 Å². The number of fused-ring (bicyclic) bond motifs is 1. The van der Waals surface area contributed by atoms with Crippen LogP contribution in [0.4, 0.5) is 13.2 Å². The quantitative estimate of drug-likeness (QED) is 0.476. The topological polar surface area (TPSA) is 61.2 Å². The highest BCUT2D eigenvalue weighted by Crippen LogP contribution is 2.24. The van der Waals surface area contributed by atoms with Gasteiger partial charge in [0.1, 0.15) is 6.54 Å². The van der Waals surface area contributed by atoms with Crippen LogP contribution in [0.2, 0.25) is 0 Å². The third-order valence-electron chi connectivity index (χ3n) is 4.11. The molecule has 0 radical (unpaired) electrons. The Kier molecular flexibility index (Phi) is 5.05. The Hall–Kier alpha value is -2.68. The summed E-state index contributed by atoms with van der Waals surface area (Å²) in [6.07, 6.45) is -4.39. The van der Waals surface area contributed by atoms with Gasteiger partial charge in [-0.2, -0.15) is 13.2 Å². The molecule has 27 heavy (non-hydrogen) atoms. The fourth-order valence-corrected chi connectivity index (χ4v) is 3.50. The maximum absolute atomic E-state index is 12.7. The molecule has 0 amide bonds. The molecule has 9 heteroatoms. The zero-order chi connectivity index (χ0) is 19.8.